The normalized spacial score (nSPS) is 14.6. The maximum Gasteiger partial charge on any atom is 0.265 e. The number of nitrogens with one attached hydrogen (secondary N) is 1. The van der Waals surface area contributed by atoms with Crippen LogP contribution in [-0.2, 0) is 6.42 Å². The van der Waals surface area contributed by atoms with Crippen molar-refractivity contribution in [2.75, 3.05) is 0 Å². The number of aromatic nitrogens is 2. The first-order valence-corrected chi connectivity index (χ1v) is 7.45. The molecule has 3 rings (SSSR count). The molecule has 20 heavy (non-hydrogen) atoms. The summed E-state index contributed by atoms with van der Waals surface area (Å²) in [5.74, 6) is 0.379. The van der Waals surface area contributed by atoms with Gasteiger partial charge in [0.2, 0.25) is 0 Å². The summed E-state index contributed by atoms with van der Waals surface area (Å²) in [7, 11) is 0. The molecule has 1 aliphatic rings. The van der Waals surface area contributed by atoms with E-state index in [-0.39, 0.29) is 12.0 Å². The van der Waals surface area contributed by atoms with Crippen LogP contribution in [0.4, 0.5) is 4.39 Å². The van der Waals surface area contributed by atoms with Crippen LogP contribution in [-0.4, -0.2) is 9.97 Å². The number of hydrogen-bond donors (Lipinski definition) is 1. The van der Waals surface area contributed by atoms with Gasteiger partial charge in [-0.2, -0.15) is 0 Å². The summed E-state index contributed by atoms with van der Waals surface area (Å²) in [5.41, 5.74) is 0.877. The average Bonchev–Trinajstić information content (AvgIpc) is 3.22. The van der Waals surface area contributed by atoms with Crippen LogP contribution in [0.2, 0.25) is 5.02 Å². The highest BCUT2D eigenvalue weighted by molar-refractivity contribution is 9.10. The van der Waals surface area contributed by atoms with Crippen LogP contribution >= 0.6 is 27.5 Å². The lowest BCUT2D eigenvalue weighted by Crippen LogP contribution is -2.16. The average molecular weight is 358 g/mol. The molecule has 1 aromatic heterocycles. The first kappa shape index (κ1) is 13.8. The molecule has 2 aromatic rings. The molecule has 0 radical (unpaired) electrons. The molecule has 1 aromatic carbocycles. The Bertz CT molecular complexity index is 707. The van der Waals surface area contributed by atoms with Crippen molar-refractivity contribution in [3.8, 4) is 0 Å². The molecule has 1 heterocycles. The van der Waals surface area contributed by atoms with Crippen LogP contribution in [0.5, 0.6) is 0 Å². The molecular formula is C14H11BrClFN2O. The molecule has 1 fully saturated rings. The first-order chi connectivity index (χ1) is 9.56. The van der Waals surface area contributed by atoms with E-state index in [1.165, 1.54) is 6.07 Å². The molecule has 0 unspecified atom stereocenters. The molecule has 0 saturated heterocycles. The fraction of sp³-hybridized carbons (Fsp3) is 0.286. The van der Waals surface area contributed by atoms with E-state index in [1.807, 2.05) is 0 Å². The summed E-state index contributed by atoms with van der Waals surface area (Å²) in [6.45, 7) is 0. The Hall–Kier alpha value is -1.20. The fourth-order valence-electron chi connectivity index (χ4n) is 2.10. The van der Waals surface area contributed by atoms with Crippen LogP contribution in [0.15, 0.2) is 27.5 Å². The highest BCUT2D eigenvalue weighted by Gasteiger charge is 2.29. The molecular weight excluding hydrogens is 347 g/mol. The smallest absolute Gasteiger partial charge is 0.265 e. The second-order valence-electron chi connectivity index (χ2n) is 4.86. The van der Waals surface area contributed by atoms with Gasteiger partial charge in [0.1, 0.15) is 16.1 Å². The summed E-state index contributed by atoms with van der Waals surface area (Å²) in [6, 6.07) is 4.52. The van der Waals surface area contributed by atoms with Crippen molar-refractivity contribution >= 4 is 27.5 Å². The molecule has 0 bridgehead atoms. The van der Waals surface area contributed by atoms with Crippen LogP contribution in [0.1, 0.15) is 35.8 Å². The molecule has 0 amide bonds. The predicted molar refractivity (Wildman–Crippen MR) is 78.7 cm³/mol. The predicted octanol–water partition coefficient (Wildman–Crippen LogP) is 3.79. The summed E-state index contributed by atoms with van der Waals surface area (Å²) in [4.78, 5) is 19.0. The van der Waals surface area contributed by atoms with Crippen molar-refractivity contribution in [1.29, 1.82) is 0 Å². The number of aromatic amines is 1. The van der Waals surface area contributed by atoms with Gasteiger partial charge in [0, 0.05) is 22.9 Å². The lowest BCUT2D eigenvalue weighted by molar-refractivity contribution is 0.611. The van der Waals surface area contributed by atoms with Gasteiger partial charge < -0.3 is 4.98 Å². The van der Waals surface area contributed by atoms with E-state index in [4.69, 9.17) is 11.6 Å². The lowest BCUT2D eigenvalue weighted by atomic mass is 10.1. The second-order valence-corrected chi connectivity index (χ2v) is 6.06. The molecule has 0 aliphatic heterocycles. The third kappa shape index (κ3) is 2.65. The van der Waals surface area contributed by atoms with Crippen LogP contribution < -0.4 is 5.56 Å². The standard InChI is InChI=1S/C14H11BrClFN2O/c15-12-13(7-4-5-7)18-11(19-14(12)20)6-8-9(16)2-1-3-10(8)17/h1-3,7H,4-6H2,(H,18,19,20). The maximum atomic E-state index is 13.8. The van der Waals surface area contributed by atoms with Crippen molar-refractivity contribution in [3.63, 3.8) is 0 Å². The third-order valence-corrected chi connectivity index (χ3v) is 4.43. The zero-order valence-corrected chi connectivity index (χ0v) is 12.8. The van der Waals surface area contributed by atoms with Gasteiger partial charge in [-0.15, -0.1) is 0 Å². The van der Waals surface area contributed by atoms with Gasteiger partial charge in [0.15, 0.2) is 0 Å². The van der Waals surface area contributed by atoms with E-state index in [0.717, 1.165) is 18.5 Å². The Morgan fingerprint density at radius 3 is 2.85 bits per heavy atom. The van der Waals surface area contributed by atoms with Gasteiger partial charge in [-0.3, -0.25) is 4.79 Å². The fourth-order valence-corrected chi connectivity index (χ4v) is 2.85. The summed E-state index contributed by atoms with van der Waals surface area (Å²) < 4.78 is 14.2. The number of H-pyrrole nitrogens is 1. The number of rotatable bonds is 3. The van der Waals surface area contributed by atoms with Crippen molar-refractivity contribution in [3.05, 3.63) is 60.9 Å². The second kappa shape index (κ2) is 5.30. The zero-order valence-electron chi connectivity index (χ0n) is 10.4. The molecule has 104 valence electrons. The SMILES string of the molecule is O=c1[nH]c(Cc2c(F)cccc2Cl)nc(C2CC2)c1Br. The van der Waals surface area contributed by atoms with Gasteiger partial charge in [-0.25, -0.2) is 9.37 Å². The van der Waals surface area contributed by atoms with E-state index < -0.39 is 5.82 Å². The minimum atomic E-state index is -0.393. The Labute approximate surface area is 128 Å². The summed E-state index contributed by atoms with van der Waals surface area (Å²) in [5, 5.41) is 0.337. The maximum absolute atomic E-state index is 13.8. The minimum Gasteiger partial charge on any atom is -0.309 e. The van der Waals surface area contributed by atoms with Gasteiger partial charge in [0.05, 0.1) is 5.69 Å². The van der Waals surface area contributed by atoms with Crippen molar-refractivity contribution in [2.24, 2.45) is 0 Å². The van der Waals surface area contributed by atoms with Crippen molar-refractivity contribution in [2.45, 2.75) is 25.2 Å². The van der Waals surface area contributed by atoms with Gasteiger partial charge in [0.25, 0.3) is 5.56 Å². The van der Waals surface area contributed by atoms with Crippen LogP contribution in [0, 0.1) is 5.82 Å². The monoisotopic (exact) mass is 356 g/mol. The van der Waals surface area contributed by atoms with Gasteiger partial charge in [-0.05, 0) is 40.9 Å². The number of hydrogen-bond acceptors (Lipinski definition) is 2. The van der Waals surface area contributed by atoms with E-state index >= 15 is 0 Å². The van der Waals surface area contributed by atoms with E-state index in [1.54, 1.807) is 12.1 Å². The zero-order chi connectivity index (χ0) is 14.3. The van der Waals surface area contributed by atoms with Crippen molar-refractivity contribution in [1.82, 2.24) is 9.97 Å². The summed E-state index contributed by atoms with van der Waals surface area (Å²) in [6.07, 6.45) is 2.25. The first-order valence-electron chi connectivity index (χ1n) is 6.27. The Morgan fingerprint density at radius 1 is 1.45 bits per heavy atom. The highest BCUT2D eigenvalue weighted by atomic mass is 79.9. The van der Waals surface area contributed by atoms with Gasteiger partial charge in [-0.1, -0.05) is 17.7 Å². The Morgan fingerprint density at radius 2 is 2.20 bits per heavy atom. The molecule has 0 atom stereocenters. The largest absolute Gasteiger partial charge is 0.309 e. The molecule has 6 heteroatoms. The Kier molecular flexibility index (Phi) is 3.65. The molecule has 1 saturated carbocycles. The number of nitrogens with zero attached hydrogens (tertiary/aromatic N) is 1. The Balaban J connectivity index is 2.01. The number of benzene rings is 1. The lowest BCUT2D eigenvalue weighted by Gasteiger charge is -2.08. The quantitative estimate of drug-likeness (QED) is 0.908. The van der Waals surface area contributed by atoms with E-state index in [2.05, 4.69) is 25.9 Å². The molecule has 0 spiro atoms. The molecule has 3 nitrogen and oxygen atoms in total. The van der Waals surface area contributed by atoms with Crippen LogP contribution in [0.3, 0.4) is 0 Å². The third-order valence-electron chi connectivity index (χ3n) is 3.31. The molecule has 1 aliphatic carbocycles. The van der Waals surface area contributed by atoms with Crippen molar-refractivity contribution < 1.29 is 4.39 Å². The highest BCUT2D eigenvalue weighted by Crippen LogP contribution is 2.41. The van der Waals surface area contributed by atoms with E-state index in [9.17, 15) is 9.18 Å². The minimum absolute atomic E-state index is 0.174. The molecule has 1 N–H and O–H groups in total. The van der Waals surface area contributed by atoms with Gasteiger partial charge >= 0.3 is 0 Å². The topological polar surface area (TPSA) is 45.8 Å². The van der Waals surface area contributed by atoms with E-state index in [0.29, 0.717) is 26.8 Å². The summed E-state index contributed by atoms with van der Waals surface area (Å²) >= 11 is 9.26. The number of halogens is 3. The van der Waals surface area contributed by atoms with Crippen LogP contribution in [0.25, 0.3) is 0 Å².